The van der Waals surface area contributed by atoms with Crippen LogP contribution in [0.4, 0.5) is 5.69 Å². The molecule has 16 nitrogen and oxygen atoms in total. The first-order valence-electron chi connectivity index (χ1n) is 29.6. The van der Waals surface area contributed by atoms with Gasteiger partial charge in [0, 0.05) is 104 Å². The molecule has 8 rings (SSSR count). The molecule has 1 aliphatic heterocycles. The van der Waals surface area contributed by atoms with E-state index in [1.807, 2.05) is 12.1 Å². The Hall–Kier alpha value is -6.88. The lowest BCUT2D eigenvalue weighted by Crippen LogP contribution is -2.49. The molecule has 0 aromatic heterocycles. The highest BCUT2D eigenvalue weighted by molar-refractivity contribution is 7.90. The molecule has 5 N–H and O–H groups in total. The first-order valence-corrected chi connectivity index (χ1v) is 35.9. The molecular weight excluding hydrogens is 1170 g/mol. The molecule has 1 aliphatic carbocycles. The molecule has 2 aliphatic rings. The molecule has 0 bridgehead atoms. The number of sulfonamides is 1. The third-order valence-corrected chi connectivity index (χ3v) is 23.4. The van der Waals surface area contributed by atoms with Gasteiger partial charge in [-0.2, -0.15) is 0 Å². The predicted molar refractivity (Wildman–Crippen MR) is 367 cm³/mol. The molecule has 0 fully saturated rings. The fourth-order valence-corrected chi connectivity index (χ4v) is 16.6. The van der Waals surface area contributed by atoms with Crippen LogP contribution in [-0.2, 0) is 55.6 Å². The molecule has 1 heterocycles. The number of rotatable bonds is 26. The second-order valence-electron chi connectivity index (χ2n) is 24.5. The Labute approximate surface area is 528 Å². The van der Waals surface area contributed by atoms with Gasteiger partial charge < -0.3 is 30.3 Å². The lowest BCUT2D eigenvalue weighted by molar-refractivity contribution is -0.462. The smallest absolute Gasteiger partial charge is 0.423 e. The normalized spacial score (nSPS) is 13.8. The van der Waals surface area contributed by atoms with Crippen LogP contribution >= 0.6 is 0 Å². The van der Waals surface area contributed by atoms with E-state index >= 15 is 0 Å². The molecule has 0 unspecified atom stereocenters. The number of anilines is 1. The Morgan fingerprint density at radius 2 is 1.22 bits per heavy atom. The van der Waals surface area contributed by atoms with Crippen molar-refractivity contribution in [1.82, 2.24) is 19.4 Å². The second-order valence-corrected chi connectivity index (χ2v) is 33.0. The van der Waals surface area contributed by atoms with Gasteiger partial charge in [-0.15, -0.1) is 0 Å². The zero-order valence-electron chi connectivity index (χ0n) is 52.6. The van der Waals surface area contributed by atoms with Crippen LogP contribution in [0.25, 0.3) is 27.1 Å². The van der Waals surface area contributed by atoms with Crippen molar-refractivity contribution in [2.45, 2.75) is 96.0 Å². The SMILES string of the molecule is C.C=C(C)C(=O)CCCCN(Cc1cc(S(C)(=O)=O)ccc1B(O)O)Cc1c2ccccc2c(CN(CCCNC(=O)C(=C)C)Cc2cc(S(=O)(=O)N(C)C)ccc2B(O)O)c2ccc(C3=C4C=CC(=[N+](C)C)C=C4[Si](C)(C)c4cc(N(C)C)ccc43)cc12. The van der Waals surface area contributed by atoms with Gasteiger partial charge in [-0.05, 0) is 181 Å². The maximum atomic E-state index is 13.7. The molecule has 0 saturated carbocycles. The Kier molecular flexibility index (Phi) is 22.3. The summed E-state index contributed by atoms with van der Waals surface area (Å²) in [5, 5.41) is 52.4. The van der Waals surface area contributed by atoms with Crippen LogP contribution in [0.5, 0.6) is 0 Å². The quantitative estimate of drug-likeness (QED) is 0.0128. The monoisotopic (exact) mass is 1260 g/mol. The summed E-state index contributed by atoms with van der Waals surface area (Å²) in [5.41, 5.74) is 10.3. The minimum absolute atomic E-state index is 0. The third-order valence-electron chi connectivity index (χ3n) is 16.9. The number of amides is 1. The summed E-state index contributed by atoms with van der Waals surface area (Å²) in [6, 6.07) is 30.1. The highest BCUT2D eigenvalue weighted by Gasteiger charge is 2.41. The molecule has 1 amide bonds. The number of carbonyl (C=O) groups excluding carboxylic acids is 2. The molecule has 0 spiro atoms. The van der Waals surface area contributed by atoms with Crippen LogP contribution in [0, 0.1) is 0 Å². The molecule has 0 radical (unpaired) electrons. The van der Waals surface area contributed by atoms with Crippen molar-refractivity contribution in [2.24, 2.45) is 0 Å². The minimum atomic E-state index is -3.95. The maximum Gasteiger partial charge on any atom is 0.488 e. The van der Waals surface area contributed by atoms with Crippen molar-refractivity contribution in [2.75, 3.05) is 73.1 Å². The van der Waals surface area contributed by atoms with Crippen molar-refractivity contribution >= 4 is 108 Å². The fraction of sp³-hybridized carbons (Fsp3) is 0.338. The van der Waals surface area contributed by atoms with Gasteiger partial charge in [0.1, 0.15) is 22.2 Å². The molecule has 21 heteroatoms. The van der Waals surface area contributed by atoms with Crippen molar-refractivity contribution in [3.05, 3.63) is 184 Å². The number of Topliss-reactive ketones (excluding diaryl/α,β-unsaturated/α-hetero) is 1. The van der Waals surface area contributed by atoms with Gasteiger partial charge >= 0.3 is 14.2 Å². The van der Waals surface area contributed by atoms with Gasteiger partial charge in [-0.25, -0.2) is 25.7 Å². The maximum absolute atomic E-state index is 13.7. The number of sulfone groups is 1. The highest BCUT2D eigenvalue weighted by atomic mass is 32.2. The van der Waals surface area contributed by atoms with Crippen LogP contribution in [0.1, 0.15) is 80.3 Å². The Bertz CT molecular complexity index is 4130. The second kappa shape index (κ2) is 28.5. The van der Waals surface area contributed by atoms with Crippen molar-refractivity contribution in [3.8, 4) is 0 Å². The van der Waals surface area contributed by atoms with Crippen molar-refractivity contribution < 1.29 is 51.1 Å². The molecule has 6 aromatic carbocycles. The van der Waals surface area contributed by atoms with Gasteiger partial charge in [0.2, 0.25) is 15.9 Å². The number of allylic oxidation sites excluding steroid dienone is 6. The van der Waals surface area contributed by atoms with Crippen LogP contribution in [0.3, 0.4) is 0 Å². The summed E-state index contributed by atoms with van der Waals surface area (Å²) < 4.78 is 56.8. The summed E-state index contributed by atoms with van der Waals surface area (Å²) in [6.45, 7) is 17.7. The number of nitrogens with zero attached hydrogens (tertiary/aromatic N) is 5. The fourth-order valence-electron chi connectivity index (χ4n) is 11.9. The van der Waals surface area contributed by atoms with E-state index in [-0.39, 0.29) is 72.4 Å². The van der Waals surface area contributed by atoms with E-state index in [0.717, 1.165) is 76.9 Å². The van der Waals surface area contributed by atoms with Gasteiger partial charge in [0.05, 0.1) is 9.79 Å². The van der Waals surface area contributed by atoms with E-state index in [1.165, 1.54) is 60.9 Å². The van der Waals surface area contributed by atoms with Gasteiger partial charge in [-0.1, -0.05) is 88.3 Å². The van der Waals surface area contributed by atoms with Gasteiger partial charge in [0.25, 0.3) is 0 Å². The number of hydrogen-bond acceptors (Lipinski definition) is 13. The zero-order valence-corrected chi connectivity index (χ0v) is 55.2. The average molecular weight is 1260 g/mol. The van der Waals surface area contributed by atoms with E-state index in [4.69, 9.17) is 0 Å². The summed E-state index contributed by atoms with van der Waals surface area (Å²) in [6.07, 6.45) is 9.74. The number of benzene rings is 6. The number of fused-ring (bicyclic) bond motifs is 4. The van der Waals surface area contributed by atoms with E-state index in [2.05, 4.69) is 146 Å². The summed E-state index contributed by atoms with van der Waals surface area (Å²) >= 11 is 0. The molecular formula is C68H87B2N6O10S2Si+. The molecule has 6 aromatic rings. The number of nitrogens with one attached hydrogen (secondary N) is 1. The number of carbonyl (C=O) groups is 2. The largest absolute Gasteiger partial charge is 0.488 e. The van der Waals surface area contributed by atoms with E-state index in [9.17, 15) is 46.5 Å². The van der Waals surface area contributed by atoms with Crippen LogP contribution < -0.4 is 26.3 Å². The van der Waals surface area contributed by atoms with Gasteiger partial charge in [-0.3, -0.25) is 19.4 Å². The predicted octanol–water partition coefficient (Wildman–Crippen LogP) is 6.59. The van der Waals surface area contributed by atoms with E-state index in [1.54, 1.807) is 13.8 Å². The Morgan fingerprint density at radius 3 is 1.76 bits per heavy atom. The first-order chi connectivity index (χ1) is 41.4. The number of hydrogen-bond donors (Lipinski definition) is 5. The lowest BCUT2D eigenvalue weighted by Gasteiger charge is -2.38. The third kappa shape index (κ3) is 15.5. The number of ketones is 1. The average Bonchev–Trinajstić information content (AvgIpc) is 0.737. The Balaban J connectivity index is 0.0000113. The van der Waals surface area contributed by atoms with E-state index in [0.29, 0.717) is 61.2 Å². The molecule has 0 saturated heterocycles. The van der Waals surface area contributed by atoms with Crippen molar-refractivity contribution in [3.63, 3.8) is 0 Å². The Morgan fingerprint density at radius 1 is 0.663 bits per heavy atom. The zero-order chi connectivity index (χ0) is 64.3. The first kappa shape index (κ1) is 69.6. The summed E-state index contributed by atoms with van der Waals surface area (Å²) in [5.74, 6) is -0.323. The summed E-state index contributed by atoms with van der Waals surface area (Å²) in [7, 11) is -2.78. The van der Waals surface area contributed by atoms with Crippen molar-refractivity contribution in [1.29, 1.82) is 0 Å². The molecule has 89 heavy (non-hydrogen) atoms. The van der Waals surface area contributed by atoms with Crippen LogP contribution in [-0.4, -0.2) is 164 Å². The standard InChI is InChI=1S/C67H82B2N6O10S2Si.CH4/c1-44(2)63(76)21-16-17-33-74(40-47-35-51(86(11,82)83)25-30-61(47)68(78)79)43-60-54-20-15-14-19-53(54)59(42-75(34-18-32-70-67(77)45(3)4)41-48-36-52(87(84,85)73(9)10)26-31-62(48)69(80)81)55-27-22-46(37-58(55)60)66-56-28-23-49(71(5)6)38-64(56)88(12,13)65-39-50(72(7)8)24-29-57(65)66;/h14-15,19-20,22-31,35-39,78-81H,1,3,16-18,21,32-34,40-43H2,2,4-13H3;1H4/p+1. The highest BCUT2D eigenvalue weighted by Crippen LogP contribution is 2.44. The van der Waals surface area contributed by atoms with Crippen LogP contribution in [0.15, 0.2) is 160 Å². The lowest BCUT2D eigenvalue weighted by atomic mass is 9.77. The van der Waals surface area contributed by atoms with E-state index < -0.39 is 42.2 Å². The number of unbranched alkanes of at least 4 members (excludes halogenated alkanes) is 1. The minimum Gasteiger partial charge on any atom is -0.423 e. The van der Waals surface area contributed by atoms with Gasteiger partial charge in [0.15, 0.2) is 21.3 Å². The topological polar surface area (TPSA) is 211 Å². The van der Waals surface area contributed by atoms with Crippen LogP contribution in [0.2, 0.25) is 13.1 Å². The molecule has 0 atom stereocenters. The summed E-state index contributed by atoms with van der Waals surface area (Å²) in [4.78, 5) is 32.2. The molecule has 470 valence electrons.